The van der Waals surface area contributed by atoms with Crippen LogP contribution in [-0.2, 0) is 4.79 Å². The van der Waals surface area contributed by atoms with Gasteiger partial charge in [0.25, 0.3) is 5.92 Å². The van der Waals surface area contributed by atoms with E-state index in [0.29, 0.717) is 26.1 Å². The van der Waals surface area contributed by atoms with Crippen molar-refractivity contribution in [1.29, 1.82) is 0 Å². The standard InChI is InChI=1S/C14H25F2N3O.C2H6/c1-3-18-7-6-13(14(15,16)10-18)19-8-4-12(5-9-19)17-11(2)20;1-2/h12-13H,3-10H2,1-2H3,(H,17,20);1-2H3. The molecule has 1 atom stereocenters. The third kappa shape index (κ3) is 5.16. The van der Waals surface area contributed by atoms with E-state index in [1.54, 1.807) is 0 Å². The number of piperidine rings is 2. The van der Waals surface area contributed by atoms with E-state index in [1.165, 1.54) is 6.92 Å². The van der Waals surface area contributed by atoms with Crippen molar-refractivity contribution in [2.45, 2.75) is 65.0 Å². The summed E-state index contributed by atoms with van der Waals surface area (Å²) in [6.45, 7) is 10.0. The highest BCUT2D eigenvalue weighted by atomic mass is 19.3. The van der Waals surface area contributed by atoms with Crippen LogP contribution >= 0.6 is 0 Å². The van der Waals surface area contributed by atoms with E-state index < -0.39 is 12.0 Å². The lowest BCUT2D eigenvalue weighted by atomic mass is 9.95. The number of carbonyl (C=O) groups is 1. The molecule has 2 rings (SSSR count). The van der Waals surface area contributed by atoms with Gasteiger partial charge in [-0.1, -0.05) is 20.8 Å². The van der Waals surface area contributed by atoms with Crippen LogP contribution in [0.15, 0.2) is 0 Å². The number of carbonyl (C=O) groups excluding carboxylic acids is 1. The van der Waals surface area contributed by atoms with Crippen LogP contribution in [0.5, 0.6) is 0 Å². The Morgan fingerprint density at radius 1 is 1.18 bits per heavy atom. The summed E-state index contributed by atoms with van der Waals surface area (Å²) in [6, 6.07) is -0.489. The molecular formula is C16H31F2N3O. The highest BCUT2D eigenvalue weighted by Gasteiger charge is 2.47. The molecule has 22 heavy (non-hydrogen) atoms. The third-order valence-electron chi connectivity index (χ3n) is 4.47. The first-order valence-electron chi connectivity index (χ1n) is 8.53. The van der Waals surface area contributed by atoms with Crippen molar-refractivity contribution in [2.24, 2.45) is 0 Å². The summed E-state index contributed by atoms with van der Waals surface area (Å²) in [5.74, 6) is -2.67. The molecule has 2 aliphatic rings. The number of hydrogen-bond donors (Lipinski definition) is 1. The molecule has 1 amide bonds. The van der Waals surface area contributed by atoms with Crippen LogP contribution in [0.25, 0.3) is 0 Å². The van der Waals surface area contributed by atoms with E-state index in [-0.39, 0.29) is 18.5 Å². The Hall–Kier alpha value is -0.750. The Bertz CT molecular complexity index is 344. The summed E-state index contributed by atoms with van der Waals surface area (Å²) in [4.78, 5) is 14.8. The third-order valence-corrected chi connectivity index (χ3v) is 4.47. The molecule has 2 saturated heterocycles. The highest BCUT2D eigenvalue weighted by Crippen LogP contribution is 2.32. The lowest BCUT2D eigenvalue weighted by molar-refractivity contribution is -0.132. The van der Waals surface area contributed by atoms with Crippen LogP contribution < -0.4 is 5.32 Å². The van der Waals surface area contributed by atoms with Gasteiger partial charge in [0.1, 0.15) is 0 Å². The molecule has 0 radical (unpaired) electrons. The maximum atomic E-state index is 14.2. The van der Waals surface area contributed by atoms with E-state index in [0.717, 1.165) is 19.4 Å². The number of nitrogens with zero attached hydrogens (tertiary/aromatic N) is 2. The molecule has 0 aromatic carbocycles. The van der Waals surface area contributed by atoms with Gasteiger partial charge in [-0.15, -0.1) is 0 Å². The summed E-state index contributed by atoms with van der Waals surface area (Å²) >= 11 is 0. The summed E-state index contributed by atoms with van der Waals surface area (Å²) in [5.41, 5.74) is 0. The van der Waals surface area contributed by atoms with Crippen molar-refractivity contribution in [3.63, 3.8) is 0 Å². The molecule has 1 N–H and O–H groups in total. The van der Waals surface area contributed by atoms with Gasteiger partial charge in [0.05, 0.1) is 12.6 Å². The smallest absolute Gasteiger partial charge is 0.275 e. The van der Waals surface area contributed by atoms with Gasteiger partial charge in [-0.3, -0.25) is 14.6 Å². The van der Waals surface area contributed by atoms with Gasteiger partial charge in [0.15, 0.2) is 0 Å². The first-order chi connectivity index (χ1) is 10.4. The van der Waals surface area contributed by atoms with E-state index in [2.05, 4.69) is 5.32 Å². The number of likely N-dealkylation sites (tertiary alicyclic amines) is 2. The summed E-state index contributed by atoms with van der Waals surface area (Å²) in [7, 11) is 0. The van der Waals surface area contributed by atoms with E-state index in [9.17, 15) is 13.6 Å². The molecule has 0 aromatic heterocycles. The molecule has 0 aromatic rings. The van der Waals surface area contributed by atoms with Crippen LogP contribution in [0.4, 0.5) is 8.78 Å². The summed E-state index contributed by atoms with van der Waals surface area (Å²) < 4.78 is 28.5. The quantitative estimate of drug-likeness (QED) is 0.867. The summed E-state index contributed by atoms with van der Waals surface area (Å²) in [6.07, 6.45) is 2.07. The number of halogens is 2. The minimum absolute atomic E-state index is 0.0370. The molecule has 0 saturated carbocycles. The minimum Gasteiger partial charge on any atom is -0.354 e. The molecule has 2 fully saturated rings. The van der Waals surface area contributed by atoms with Crippen molar-refractivity contribution < 1.29 is 13.6 Å². The molecule has 0 spiro atoms. The van der Waals surface area contributed by atoms with Gasteiger partial charge >= 0.3 is 0 Å². The predicted molar refractivity (Wildman–Crippen MR) is 85.2 cm³/mol. The Labute approximate surface area is 133 Å². The molecule has 6 heteroatoms. The van der Waals surface area contributed by atoms with E-state index >= 15 is 0 Å². The molecule has 0 bridgehead atoms. The van der Waals surface area contributed by atoms with Gasteiger partial charge in [-0.05, 0) is 25.8 Å². The van der Waals surface area contributed by atoms with Crippen LogP contribution in [0.3, 0.4) is 0 Å². The first kappa shape index (κ1) is 19.3. The molecule has 0 aliphatic carbocycles. The van der Waals surface area contributed by atoms with E-state index in [4.69, 9.17) is 0 Å². The van der Waals surface area contributed by atoms with Crippen molar-refractivity contribution in [3.05, 3.63) is 0 Å². The minimum atomic E-state index is -2.63. The second-order valence-electron chi connectivity index (χ2n) is 5.95. The summed E-state index contributed by atoms with van der Waals surface area (Å²) in [5, 5.41) is 2.88. The number of nitrogens with one attached hydrogen (secondary N) is 1. The van der Waals surface area contributed by atoms with Gasteiger partial charge in [-0.2, -0.15) is 0 Å². The molecule has 130 valence electrons. The maximum absolute atomic E-state index is 14.2. The Kier molecular flexibility index (Phi) is 7.69. The first-order valence-corrected chi connectivity index (χ1v) is 8.53. The zero-order valence-corrected chi connectivity index (χ0v) is 14.4. The maximum Gasteiger partial charge on any atom is 0.275 e. The lowest BCUT2D eigenvalue weighted by Crippen LogP contribution is -2.60. The van der Waals surface area contributed by atoms with Crippen LogP contribution in [0.2, 0.25) is 0 Å². The fourth-order valence-electron chi connectivity index (χ4n) is 3.36. The zero-order chi connectivity index (χ0) is 16.8. The molecule has 2 heterocycles. The Balaban J connectivity index is 0.00000116. The molecule has 2 aliphatic heterocycles. The molecule has 4 nitrogen and oxygen atoms in total. The van der Waals surface area contributed by atoms with E-state index in [1.807, 2.05) is 30.6 Å². The fourth-order valence-corrected chi connectivity index (χ4v) is 3.36. The van der Waals surface area contributed by atoms with Crippen LogP contribution in [-0.4, -0.2) is 66.4 Å². The Morgan fingerprint density at radius 3 is 2.23 bits per heavy atom. The Morgan fingerprint density at radius 2 is 1.77 bits per heavy atom. The molecule has 1 unspecified atom stereocenters. The normalized spacial score (nSPS) is 26.9. The van der Waals surface area contributed by atoms with Crippen LogP contribution in [0, 0.1) is 0 Å². The van der Waals surface area contributed by atoms with Crippen molar-refractivity contribution in [2.75, 3.05) is 32.7 Å². The lowest BCUT2D eigenvalue weighted by Gasteiger charge is -2.45. The topological polar surface area (TPSA) is 35.6 Å². The van der Waals surface area contributed by atoms with Crippen molar-refractivity contribution in [3.8, 4) is 0 Å². The monoisotopic (exact) mass is 319 g/mol. The average Bonchev–Trinajstić information content (AvgIpc) is 2.49. The number of rotatable bonds is 3. The highest BCUT2D eigenvalue weighted by molar-refractivity contribution is 5.73. The van der Waals surface area contributed by atoms with Crippen molar-refractivity contribution >= 4 is 5.91 Å². The second-order valence-corrected chi connectivity index (χ2v) is 5.95. The SMILES string of the molecule is CC.CCN1CCC(N2CCC(NC(C)=O)CC2)C(F)(F)C1. The average molecular weight is 319 g/mol. The number of alkyl halides is 2. The zero-order valence-electron chi connectivity index (χ0n) is 14.4. The van der Waals surface area contributed by atoms with Gasteiger partial charge in [-0.25, -0.2) is 8.78 Å². The fraction of sp³-hybridized carbons (Fsp3) is 0.938. The van der Waals surface area contributed by atoms with Crippen molar-refractivity contribution in [1.82, 2.24) is 15.1 Å². The van der Waals surface area contributed by atoms with Crippen LogP contribution in [0.1, 0.15) is 47.0 Å². The van der Waals surface area contributed by atoms with Gasteiger partial charge in [0, 0.05) is 32.6 Å². The number of amides is 1. The number of hydrogen-bond acceptors (Lipinski definition) is 3. The van der Waals surface area contributed by atoms with Gasteiger partial charge < -0.3 is 5.32 Å². The molecular weight excluding hydrogens is 288 g/mol. The van der Waals surface area contributed by atoms with Gasteiger partial charge in [0.2, 0.25) is 5.91 Å². The predicted octanol–water partition coefficient (Wildman–Crippen LogP) is 2.34. The second kappa shape index (κ2) is 8.77. The largest absolute Gasteiger partial charge is 0.354 e.